The number of carbonyl (C=O) groups excluding carboxylic acids is 1. The van der Waals surface area contributed by atoms with Gasteiger partial charge in [-0.05, 0) is 52.1 Å². The van der Waals surface area contributed by atoms with Crippen LogP contribution in [0.2, 0.25) is 0 Å². The summed E-state index contributed by atoms with van der Waals surface area (Å²) in [5.41, 5.74) is 0. The molecule has 0 rings (SSSR count). The molecule has 0 aliphatic heterocycles. The van der Waals surface area contributed by atoms with Crippen molar-refractivity contribution in [2.75, 3.05) is 13.1 Å². The minimum atomic E-state index is -0.905. The van der Waals surface area contributed by atoms with Crippen LogP contribution in [0.4, 0.5) is 0 Å². The van der Waals surface area contributed by atoms with E-state index < -0.39 is 5.97 Å². The van der Waals surface area contributed by atoms with Crippen molar-refractivity contribution in [1.82, 2.24) is 4.90 Å². The van der Waals surface area contributed by atoms with Crippen LogP contribution in [0.25, 0.3) is 0 Å². The van der Waals surface area contributed by atoms with Gasteiger partial charge in [-0.1, -0.05) is 110 Å². The maximum Gasteiger partial charge on any atom is 1.00 e. The Morgan fingerprint density at radius 2 is 1.03 bits per heavy atom. The monoisotopic (exact) mass is 431 g/mol. The normalized spacial score (nSPS) is 12.1. The van der Waals surface area contributed by atoms with E-state index in [1.54, 1.807) is 0 Å². The molecule has 0 aromatic rings. The Bertz CT molecular complexity index is 345. The van der Waals surface area contributed by atoms with Gasteiger partial charge in [-0.2, -0.15) is 0 Å². The third-order valence-corrected chi connectivity index (χ3v) is 6.47. The summed E-state index contributed by atoms with van der Waals surface area (Å²) in [6, 6.07) is 0.570. The van der Waals surface area contributed by atoms with Crippen molar-refractivity contribution in [3.05, 3.63) is 0 Å². The minimum Gasteiger partial charge on any atom is -0.550 e. The number of unbranched alkanes of at least 4 members (excludes halogenated alkanes) is 15. The standard InChI is InChI=1S/C27H55NO2.Li/c1-4-6-8-10-12-14-16-20-24-28(26(3)22-18-19-23-27(29)30)25-21-17-15-13-11-9-7-5-2;/h26H,4-25H2,1-3H3,(H,29,30);/q;+1/p-1. The average Bonchev–Trinajstić information content (AvgIpc) is 2.73. The van der Waals surface area contributed by atoms with E-state index in [2.05, 4.69) is 25.7 Å². The Balaban J connectivity index is 0. The minimum absolute atomic E-state index is 0. The van der Waals surface area contributed by atoms with Gasteiger partial charge in [-0.15, -0.1) is 0 Å². The van der Waals surface area contributed by atoms with E-state index in [1.807, 2.05) is 0 Å². The Kier molecular flexibility index (Phi) is 28.1. The van der Waals surface area contributed by atoms with Crippen molar-refractivity contribution in [3.63, 3.8) is 0 Å². The number of hydrogen-bond acceptors (Lipinski definition) is 3. The van der Waals surface area contributed by atoms with Crippen LogP contribution >= 0.6 is 0 Å². The largest absolute Gasteiger partial charge is 1.00 e. The molecular weight excluding hydrogens is 377 g/mol. The van der Waals surface area contributed by atoms with Crippen molar-refractivity contribution in [3.8, 4) is 0 Å². The molecule has 0 aromatic carbocycles. The number of aliphatic carboxylic acids is 1. The van der Waals surface area contributed by atoms with Crippen molar-refractivity contribution in [2.24, 2.45) is 0 Å². The molecule has 0 aliphatic rings. The molecule has 0 aromatic heterocycles. The van der Waals surface area contributed by atoms with Crippen LogP contribution in [0.3, 0.4) is 0 Å². The van der Waals surface area contributed by atoms with Crippen LogP contribution in [0.1, 0.15) is 149 Å². The third kappa shape index (κ3) is 24.5. The molecule has 3 nitrogen and oxygen atoms in total. The van der Waals surface area contributed by atoms with Gasteiger partial charge in [0.15, 0.2) is 0 Å². The van der Waals surface area contributed by atoms with Gasteiger partial charge >= 0.3 is 18.9 Å². The Morgan fingerprint density at radius 3 is 1.42 bits per heavy atom. The van der Waals surface area contributed by atoms with Crippen molar-refractivity contribution in [1.29, 1.82) is 0 Å². The first-order valence-electron chi connectivity index (χ1n) is 13.6. The van der Waals surface area contributed by atoms with Gasteiger partial charge < -0.3 is 14.8 Å². The first-order chi connectivity index (χ1) is 14.6. The summed E-state index contributed by atoms with van der Waals surface area (Å²) in [5.74, 6) is -0.905. The zero-order chi connectivity index (χ0) is 22.3. The van der Waals surface area contributed by atoms with Crippen LogP contribution in [-0.2, 0) is 4.79 Å². The molecule has 0 N–H and O–H groups in total. The number of hydrogen-bond donors (Lipinski definition) is 0. The Labute approximate surface area is 207 Å². The summed E-state index contributed by atoms with van der Waals surface area (Å²) < 4.78 is 0. The Hall–Kier alpha value is 0.0274. The van der Waals surface area contributed by atoms with E-state index in [9.17, 15) is 9.90 Å². The second kappa shape index (κ2) is 26.3. The number of rotatable bonds is 24. The van der Waals surface area contributed by atoms with E-state index in [4.69, 9.17) is 0 Å². The second-order valence-electron chi connectivity index (χ2n) is 9.45. The van der Waals surface area contributed by atoms with Crippen molar-refractivity contribution >= 4 is 5.97 Å². The van der Waals surface area contributed by atoms with Gasteiger partial charge in [0.2, 0.25) is 0 Å². The zero-order valence-corrected chi connectivity index (χ0v) is 21.9. The summed E-state index contributed by atoms with van der Waals surface area (Å²) in [5, 5.41) is 10.6. The van der Waals surface area contributed by atoms with Crippen LogP contribution in [0.5, 0.6) is 0 Å². The van der Waals surface area contributed by atoms with Gasteiger partial charge in [0, 0.05) is 12.0 Å². The molecule has 0 fully saturated rings. The maximum atomic E-state index is 10.6. The molecule has 180 valence electrons. The van der Waals surface area contributed by atoms with E-state index in [-0.39, 0.29) is 25.3 Å². The number of nitrogens with zero attached hydrogens (tertiary/aromatic N) is 1. The van der Waals surface area contributed by atoms with Crippen LogP contribution in [0, 0.1) is 0 Å². The summed E-state index contributed by atoms with van der Waals surface area (Å²) in [4.78, 5) is 13.3. The van der Waals surface area contributed by atoms with E-state index >= 15 is 0 Å². The molecule has 1 unspecified atom stereocenters. The zero-order valence-electron chi connectivity index (χ0n) is 21.9. The topological polar surface area (TPSA) is 43.4 Å². The quantitative estimate of drug-likeness (QED) is 0.169. The fourth-order valence-electron chi connectivity index (χ4n) is 4.34. The molecule has 0 radical (unpaired) electrons. The fourth-order valence-corrected chi connectivity index (χ4v) is 4.34. The summed E-state index contributed by atoms with van der Waals surface area (Å²) >= 11 is 0. The van der Waals surface area contributed by atoms with Crippen LogP contribution < -0.4 is 24.0 Å². The smallest absolute Gasteiger partial charge is 0.550 e. The first kappa shape index (κ1) is 33.2. The van der Waals surface area contributed by atoms with Gasteiger partial charge in [0.1, 0.15) is 0 Å². The molecule has 0 heterocycles. The predicted octanol–water partition coefficient (Wildman–Crippen LogP) is 4.27. The fraction of sp³-hybridized carbons (Fsp3) is 0.963. The summed E-state index contributed by atoms with van der Waals surface area (Å²) in [6.45, 7) is 9.33. The summed E-state index contributed by atoms with van der Waals surface area (Å²) in [7, 11) is 0. The molecular formula is C27H54LiNO2. The summed E-state index contributed by atoms with van der Waals surface area (Å²) in [6.07, 6.45) is 25.1. The van der Waals surface area contributed by atoms with Crippen molar-refractivity contribution in [2.45, 2.75) is 155 Å². The first-order valence-corrected chi connectivity index (χ1v) is 13.6. The molecule has 0 amide bonds. The van der Waals surface area contributed by atoms with E-state index in [0.29, 0.717) is 6.04 Å². The Morgan fingerprint density at radius 1 is 0.645 bits per heavy atom. The number of carboxylic acids is 1. The van der Waals surface area contributed by atoms with Gasteiger partial charge in [-0.3, -0.25) is 0 Å². The van der Waals surface area contributed by atoms with E-state index in [0.717, 1.165) is 19.3 Å². The molecule has 0 saturated carbocycles. The van der Waals surface area contributed by atoms with Crippen LogP contribution in [0.15, 0.2) is 0 Å². The maximum absolute atomic E-state index is 10.6. The SMILES string of the molecule is CCCCCCCCCCN(CCCCCCCCCC)C(C)CCCCC(=O)[O-].[Li+]. The van der Waals surface area contributed by atoms with Crippen molar-refractivity contribution < 1.29 is 28.8 Å². The average molecular weight is 432 g/mol. The molecule has 0 spiro atoms. The van der Waals surface area contributed by atoms with Gasteiger partial charge in [-0.25, -0.2) is 0 Å². The molecule has 31 heavy (non-hydrogen) atoms. The van der Waals surface area contributed by atoms with E-state index in [1.165, 1.54) is 116 Å². The molecule has 4 heteroatoms. The number of carbonyl (C=O) groups is 1. The second-order valence-corrected chi connectivity index (χ2v) is 9.45. The van der Waals surface area contributed by atoms with Gasteiger partial charge in [0.05, 0.1) is 0 Å². The number of carboxylic acid groups (broad SMARTS) is 1. The van der Waals surface area contributed by atoms with Gasteiger partial charge in [0.25, 0.3) is 0 Å². The molecule has 1 atom stereocenters. The van der Waals surface area contributed by atoms with Crippen LogP contribution in [-0.4, -0.2) is 30.0 Å². The molecule has 0 aliphatic carbocycles. The predicted molar refractivity (Wildman–Crippen MR) is 130 cm³/mol. The molecule has 0 bridgehead atoms. The molecule has 0 saturated heterocycles. The third-order valence-electron chi connectivity index (χ3n) is 6.47.